The van der Waals surface area contributed by atoms with Crippen LogP contribution in [-0.4, -0.2) is 0 Å². The fraction of sp³-hybridized carbons (Fsp3) is 0.154. The van der Waals surface area contributed by atoms with Gasteiger partial charge in [-0.05, 0) is 42.3 Å². The van der Waals surface area contributed by atoms with E-state index < -0.39 is 11.6 Å². The number of rotatable bonds is 2. The molecule has 0 heterocycles. The molecule has 2 heteroatoms. The third-order valence-electron chi connectivity index (χ3n) is 4.28. The molecular formula is C26H20F2. The lowest BCUT2D eigenvalue weighted by Gasteiger charge is -2.06. The average molecular weight is 370 g/mol. The zero-order valence-corrected chi connectivity index (χ0v) is 15.9. The molecule has 0 amide bonds. The van der Waals surface area contributed by atoms with Crippen LogP contribution in [0.15, 0.2) is 60.7 Å². The Morgan fingerprint density at radius 3 is 1.96 bits per heavy atom. The number of halogens is 2. The third-order valence-corrected chi connectivity index (χ3v) is 4.28. The van der Waals surface area contributed by atoms with Gasteiger partial charge >= 0.3 is 0 Å². The van der Waals surface area contributed by atoms with Gasteiger partial charge in [-0.25, -0.2) is 8.78 Å². The molecule has 28 heavy (non-hydrogen) atoms. The first-order valence-corrected chi connectivity index (χ1v) is 9.19. The summed E-state index contributed by atoms with van der Waals surface area (Å²) in [6, 6.07) is 17.4. The van der Waals surface area contributed by atoms with Gasteiger partial charge in [-0.3, -0.25) is 0 Å². The molecule has 0 N–H and O–H groups in total. The summed E-state index contributed by atoms with van der Waals surface area (Å²) in [5.41, 5.74) is 3.74. The lowest BCUT2D eigenvalue weighted by Crippen LogP contribution is -1.92. The van der Waals surface area contributed by atoms with Gasteiger partial charge in [0.1, 0.15) is 11.6 Å². The van der Waals surface area contributed by atoms with Crippen LogP contribution in [0, 0.1) is 42.2 Å². The highest BCUT2D eigenvalue weighted by Gasteiger charge is 2.12. The summed E-state index contributed by atoms with van der Waals surface area (Å²) in [6.45, 7) is 3.95. The number of aryl methyl sites for hydroxylation is 1. The lowest BCUT2D eigenvalue weighted by molar-refractivity contribution is 0.589. The minimum atomic E-state index is -0.613. The molecule has 0 saturated carbocycles. The molecule has 0 atom stereocenters. The van der Waals surface area contributed by atoms with Crippen molar-refractivity contribution >= 4 is 0 Å². The zero-order valence-electron chi connectivity index (χ0n) is 15.9. The third kappa shape index (κ3) is 4.87. The Balaban J connectivity index is 1.81. The number of hydrogen-bond acceptors (Lipinski definition) is 0. The highest BCUT2D eigenvalue weighted by Crippen LogP contribution is 2.27. The Bertz CT molecular complexity index is 1060. The molecule has 0 saturated heterocycles. The standard InChI is InChI=1S/C26H20F2/c1-3-4-5-6-20-9-11-21(12-10-20)13-14-22-17-24(27)26(25(28)18-22)23-15-7-19(2)8-16-23/h7-12,15-18H,3,6H2,1-2H3. The molecule has 0 nitrogen and oxygen atoms in total. The van der Waals surface area contributed by atoms with Gasteiger partial charge < -0.3 is 0 Å². The van der Waals surface area contributed by atoms with Crippen molar-refractivity contribution in [2.45, 2.75) is 26.7 Å². The van der Waals surface area contributed by atoms with Crippen molar-refractivity contribution in [3.63, 3.8) is 0 Å². The summed E-state index contributed by atoms with van der Waals surface area (Å²) in [5, 5.41) is 0. The first-order valence-electron chi connectivity index (χ1n) is 9.19. The molecule has 0 aromatic heterocycles. The van der Waals surface area contributed by atoms with Crippen molar-refractivity contribution in [3.8, 4) is 34.8 Å². The maximum absolute atomic E-state index is 14.5. The van der Waals surface area contributed by atoms with E-state index in [0.717, 1.165) is 23.1 Å². The van der Waals surface area contributed by atoms with Crippen LogP contribution < -0.4 is 0 Å². The fourth-order valence-corrected chi connectivity index (χ4v) is 2.78. The summed E-state index contributed by atoms with van der Waals surface area (Å²) in [4.78, 5) is 0. The largest absolute Gasteiger partial charge is 0.206 e. The molecule has 0 aliphatic rings. The number of benzene rings is 3. The van der Waals surface area contributed by atoms with E-state index in [1.54, 1.807) is 12.1 Å². The van der Waals surface area contributed by atoms with Gasteiger partial charge in [-0.15, -0.1) is 5.92 Å². The monoisotopic (exact) mass is 370 g/mol. The maximum Gasteiger partial charge on any atom is 0.135 e. The summed E-state index contributed by atoms with van der Waals surface area (Å²) in [5.74, 6) is 10.7. The van der Waals surface area contributed by atoms with Gasteiger partial charge in [0.2, 0.25) is 0 Å². The molecule has 0 spiro atoms. The molecule has 0 radical (unpaired) electrons. The zero-order chi connectivity index (χ0) is 19.9. The lowest BCUT2D eigenvalue weighted by atomic mass is 10.0. The van der Waals surface area contributed by atoms with E-state index in [9.17, 15) is 8.78 Å². The Hall–Kier alpha value is -3.36. The Morgan fingerprint density at radius 1 is 0.750 bits per heavy atom. The van der Waals surface area contributed by atoms with Crippen molar-refractivity contribution in [2.75, 3.05) is 0 Å². The van der Waals surface area contributed by atoms with E-state index in [-0.39, 0.29) is 5.56 Å². The van der Waals surface area contributed by atoms with Crippen molar-refractivity contribution in [2.24, 2.45) is 0 Å². The first kappa shape index (κ1) is 19.4. The second-order valence-electron chi connectivity index (χ2n) is 6.51. The van der Waals surface area contributed by atoms with Gasteiger partial charge in [0, 0.05) is 24.0 Å². The van der Waals surface area contributed by atoms with E-state index in [4.69, 9.17) is 0 Å². The SMILES string of the molecule is CCC#CCc1ccc(C#Cc2cc(F)c(-c3ccc(C)cc3)c(F)c2)cc1. The van der Waals surface area contributed by atoms with E-state index in [0.29, 0.717) is 17.5 Å². The molecule has 3 aromatic rings. The molecule has 0 fully saturated rings. The second kappa shape index (κ2) is 9.03. The Labute approximate surface area is 165 Å². The van der Waals surface area contributed by atoms with Crippen molar-refractivity contribution in [1.82, 2.24) is 0 Å². The molecule has 138 valence electrons. The fourth-order valence-electron chi connectivity index (χ4n) is 2.78. The smallest absolute Gasteiger partial charge is 0.135 e. The average Bonchev–Trinajstić information content (AvgIpc) is 2.68. The summed E-state index contributed by atoms with van der Waals surface area (Å²) in [7, 11) is 0. The number of hydrogen-bond donors (Lipinski definition) is 0. The normalized spacial score (nSPS) is 9.86. The molecule has 3 rings (SSSR count). The van der Waals surface area contributed by atoms with Crippen LogP contribution in [0.1, 0.15) is 35.6 Å². The van der Waals surface area contributed by atoms with Crippen molar-refractivity contribution < 1.29 is 8.78 Å². The van der Waals surface area contributed by atoms with Crippen LogP contribution in [0.25, 0.3) is 11.1 Å². The summed E-state index contributed by atoms with van der Waals surface area (Å²) >= 11 is 0. The summed E-state index contributed by atoms with van der Waals surface area (Å²) < 4.78 is 29.0. The molecular weight excluding hydrogens is 350 g/mol. The topological polar surface area (TPSA) is 0 Å². The van der Waals surface area contributed by atoms with E-state index in [2.05, 4.69) is 23.7 Å². The van der Waals surface area contributed by atoms with Crippen LogP contribution in [0.4, 0.5) is 8.78 Å². The molecule has 0 aliphatic heterocycles. The Morgan fingerprint density at radius 2 is 1.36 bits per heavy atom. The van der Waals surface area contributed by atoms with Crippen molar-refractivity contribution in [3.05, 3.63) is 94.6 Å². The van der Waals surface area contributed by atoms with E-state index >= 15 is 0 Å². The molecule has 0 aliphatic carbocycles. The highest BCUT2D eigenvalue weighted by molar-refractivity contribution is 5.66. The van der Waals surface area contributed by atoms with Gasteiger partial charge in [0.05, 0.1) is 5.56 Å². The first-order chi connectivity index (χ1) is 13.6. The molecule has 0 unspecified atom stereocenters. The Kier molecular flexibility index (Phi) is 6.25. The predicted molar refractivity (Wildman–Crippen MR) is 111 cm³/mol. The summed E-state index contributed by atoms with van der Waals surface area (Å²) in [6.07, 6.45) is 1.55. The van der Waals surface area contributed by atoms with Gasteiger partial charge in [-0.1, -0.05) is 66.6 Å². The van der Waals surface area contributed by atoms with Crippen molar-refractivity contribution in [1.29, 1.82) is 0 Å². The van der Waals surface area contributed by atoms with E-state index in [1.807, 2.05) is 50.2 Å². The van der Waals surface area contributed by atoms with Gasteiger partial charge in [0.25, 0.3) is 0 Å². The highest BCUT2D eigenvalue weighted by atomic mass is 19.1. The van der Waals surface area contributed by atoms with Gasteiger partial charge in [-0.2, -0.15) is 0 Å². The van der Waals surface area contributed by atoms with E-state index in [1.165, 1.54) is 12.1 Å². The quantitative estimate of drug-likeness (QED) is 0.465. The maximum atomic E-state index is 14.5. The predicted octanol–water partition coefficient (Wildman–Crippen LogP) is 6.30. The van der Waals surface area contributed by atoms with Crippen LogP contribution >= 0.6 is 0 Å². The van der Waals surface area contributed by atoms with Crippen LogP contribution in [0.2, 0.25) is 0 Å². The van der Waals surface area contributed by atoms with Crippen LogP contribution in [0.5, 0.6) is 0 Å². The van der Waals surface area contributed by atoms with Crippen LogP contribution in [0.3, 0.4) is 0 Å². The molecule has 3 aromatic carbocycles. The minimum absolute atomic E-state index is 0.0249. The molecule has 0 bridgehead atoms. The minimum Gasteiger partial charge on any atom is -0.206 e. The van der Waals surface area contributed by atoms with Crippen LogP contribution in [-0.2, 0) is 6.42 Å². The van der Waals surface area contributed by atoms with Gasteiger partial charge in [0.15, 0.2) is 0 Å². The second-order valence-corrected chi connectivity index (χ2v) is 6.51.